The summed E-state index contributed by atoms with van der Waals surface area (Å²) in [6.07, 6.45) is 3.23. The van der Waals surface area contributed by atoms with Crippen molar-refractivity contribution in [3.8, 4) is 11.5 Å². The quantitative estimate of drug-likeness (QED) is 0.695. The highest BCUT2D eigenvalue weighted by molar-refractivity contribution is 5.86. The Balaban J connectivity index is 1.94. The molecule has 0 saturated carbocycles. The number of fused-ring (bicyclic) bond motifs is 1. The highest BCUT2D eigenvalue weighted by Crippen LogP contribution is 2.32. The minimum Gasteiger partial charge on any atom is -0.493 e. The van der Waals surface area contributed by atoms with Gasteiger partial charge in [0.15, 0.2) is 17.1 Å². The highest BCUT2D eigenvalue weighted by Gasteiger charge is 2.16. The maximum Gasteiger partial charge on any atom is 0.165 e. The first-order valence-electron chi connectivity index (χ1n) is 7.88. The fraction of sp³-hybridized carbons (Fsp3) is 0.353. The minimum absolute atomic E-state index is 0.00691. The summed E-state index contributed by atoms with van der Waals surface area (Å²) < 4.78 is 12.5. The van der Waals surface area contributed by atoms with E-state index in [4.69, 9.17) is 14.6 Å². The van der Waals surface area contributed by atoms with Crippen molar-refractivity contribution >= 4 is 16.9 Å². The molecule has 0 fully saturated rings. The van der Waals surface area contributed by atoms with Gasteiger partial charge in [0.2, 0.25) is 0 Å². The minimum atomic E-state index is 0.00691. The molecule has 1 N–H and O–H groups in total. The van der Waals surface area contributed by atoms with E-state index < -0.39 is 0 Å². The molecule has 0 aliphatic rings. The predicted molar refractivity (Wildman–Crippen MR) is 94.1 cm³/mol. The first-order chi connectivity index (χ1) is 12.2. The molecule has 0 atom stereocenters. The van der Waals surface area contributed by atoms with Gasteiger partial charge in [-0.3, -0.25) is 0 Å². The molecule has 132 valence electrons. The second kappa shape index (κ2) is 7.35. The van der Waals surface area contributed by atoms with E-state index in [1.165, 1.54) is 6.33 Å². The smallest absolute Gasteiger partial charge is 0.165 e. The van der Waals surface area contributed by atoms with Crippen LogP contribution in [0.25, 0.3) is 11.0 Å². The van der Waals surface area contributed by atoms with Crippen molar-refractivity contribution in [3.63, 3.8) is 0 Å². The van der Waals surface area contributed by atoms with Gasteiger partial charge in [0.05, 0.1) is 39.0 Å². The molecule has 0 spiro atoms. The average molecular weight is 343 g/mol. The lowest BCUT2D eigenvalue weighted by Gasteiger charge is -2.21. The van der Waals surface area contributed by atoms with Gasteiger partial charge >= 0.3 is 0 Å². The van der Waals surface area contributed by atoms with Crippen molar-refractivity contribution in [1.29, 1.82) is 0 Å². The summed E-state index contributed by atoms with van der Waals surface area (Å²) in [5.74, 6) is 2.16. The molecular weight excluding hydrogens is 322 g/mol. The molecule has 0 unspecified atom stereocenters. The fourth-order valence-electron chi connectivity index (χ4n) is 2.85. The van der Waals surface area contributed by atoms with E-state index in [1.807, 2.05) is 30.1 Å². The third-order valence-corrected chi connectivity index (χ3v) is 3.98. The Bertz CT molecular complexity index is 865. The molecule has 0 saturated heterocycles. The van der Waals surface area contributed by atoms with Crippen molar-refractivity contribution in [3.05, 3.63) is 36.3 Å². The highest BCUT2D eigenvalue weighted by atomic mass is 16.5. The molecule has 3 rings (SSSR count). The summed E-state index contributed by atoms with van der Waals surface area (Å²) in [4.78, 5) is 10.7. The zero-order chi connectivity index (χ0) is 17.8. The van der Waals surface area contributed by atoms with Crippen LogP contribution in [0.1, 0.15) is 5.56 Å². The predicted octanol–water partition coefficient (Wildman–Crippen LogP) is 1.47. The molecule has 25 heavy (non-hydrogen) atoms. The van der Waals surface area contributed by atoms with Crippen LogP contribution in [0, 0.1) is 0 Å². The molecule has 8 nitrogen and oxygen atoms in total. The van der Waals surface area contributed by atoms with Gasteiger partial charge in [-0.05, 0) is 6.07 Å². The maximum absolute atomic E-state index is 9.14. The molecule has 3 aromatic rings. The fourth-order valence-corrected chi connectivity index (χ4v) is 2.85. The summed E-state index contributed by atoms with van der Waals surface area (Å²) >= 11 is 0. The number of aliphatic hydroxyl groups excluding tert-OH is 1. The van der Waals surface area contributed by atoms with Crippen LogP contribution in [0.3, 0.4) is 0 Å². The second-order valence-corrected chi connectivity index (χ2v) is 5.53. The summed E-state index contributed by atoms with van der Waals surface area (Å²) in [7, 11) is 5.20. The molecular formula is C17H21N5O3. The van der Waals surface area contributed by atoms with Crippen LogP contribution >= 0.6 is 0 Å². The van der Waals surface area contributed by atoms with E-state index >= 15 is 0 Å². The molecule has 0 radical (unpaired) electrons. The van der Waals surface area contributed by atoms with Crippen molar-refractivity contribution in [1.82, 2.24) is 19.7 Å². The number of rotatable bonds is 7. The summed E-state index contributed by atoms with van der Waals surface area (Å²) in [6, 6.07) is 5.79. The number of ether oxygens (including phenoxy) is 2. The Morgan fingerprint density at radius 3 is 2.76 bits per heavy atom. The zero-order valence-electron chi connectivity index (χ0n) is 14.5. The van der Waals surface area contributed by atoms with Gasteiger partial charge in [0.1, 0.15) is 12.1 Å². The molecule has 0 aliphatic heterocycles. The summed E-state index contributed by atoms with van der Waals surface area (Å²) in [5, 5.41) is 14.3. The van der Waals surface area contributed by atoms with Crippen LogP contribution in [0.2, 0.25) is 0 Å². The number of methoxy groups -OCH3 is 2. The van der Waals surface area contributed by atoms with Crippen LogP contribution in [0.5, 0.6) is 11.5 Å². The van der Waals surface area contributed by atoms with E-state index in [9.17, 15) is 0 Å². The lowest BCUT2D eigenvalue weighted by Crippen LogP contribution is -2.19. The first-order valence-corrected chi connectivity index (χ1v) is 7.88. The maximum atomic E-state index is 9.14. The van der Waals surface area contributed by atoms with E-state index in [-0.39, 0.29) is 6.61 Å². The lowest BCUT2D eigenvalue weighted by atomic mass is 10.1. The van der Waals surface area contributed by atoms with Crippen LogP contribution in [-0.4, -0.2) is 52.7 Å². The van der Waals surface area contributed by atoms with Crippen molar-refractivity contribution < 1.29 is 14.6 Å². The van der Waals surface area contributed by atoms with Gasteiger partial charge in [-0.25, -0.2) is 14.6 Å². The lowest BCUT2D eigenvalue weighted by molar-refractivity contribution is 0.271. The Morgan fingerprint density at radius 1 is 1.20 bits per heavy atom. The van der Waals surface area contributed by atoms with Crippen LogP contribution < -0.4 is 14.4 Å². The van der Waals surface area contributed by atoms with Crippen LogP contribution in [-0.2, 0) is 13.1 Å². The van der Waals surface area contributed by atoms with Crippen molar-refractivity contribution in [2.45, 2.75) is 13.1 Å². The van der Waals surface area contributed by atoms with Gasteiger partial charge in [-0.2, -0.15) is 5.10 Å². The Labute approximate surface area is 145 Å². The Kier molecular flexibility index (Phi) is 4.99. The largest absolute Gasteiger partial charge is 0.493 e. The number of hydrogen-bond acceptors (Lipinski definition) is 7. The zero-order valence-corrected chi connectivity index (χ0v) is 14.5. The van der Waals surface area contributed by atoms with Gasteiger partial charge in [-0.1, -0.05) is 12.1 Å². The van der Waals surface area contributed by atoms with Crippen LogP contribution in [0.4, 0.5) is 5.82 Å². The molecule has 8 heteroatoms. The summed E-state index contributed by atoms with van der Waals surface area (Å²) in [6.45, 7) is 0.984. The van der Waals surface area contributed by atoms with Crippen molar-refractivity contribution in [2.75, 3.05) is 32.8 Å². The van der Waals surface area contributed by atoms with E-state index in [1.54, 1.807) is 25.1 Å². The van der Waals surface area contributed by atoms with Gasteiger partial charge in [0.25, 0.3) is 0 Å². The second-order valence-electron chi connectivity index (χ2n) is 5.53. The number of nitrogens with zero attached hydrogens (tertiary/aromatic N) is 5. The number of aliphatic hydroxyl groups is 1. The monoisotopic (exact) mass is 343 g/mol. The molecule has 2 heterocycles. The number of anilines is 1. The van der Waals surface area contributed by atoms with E-state index in [0.29, 0.717) is 30.2 Å². The third kappa shape index (κ3) is 3.20. The normalized spacial score (nSPS) is 10.9. The summed E-state index contributed by atoms with van der Waals surface area (Å²) in [5.41, 5.74) is 1.68. The number of aromatic nitrogens is 4. The molecule has 2 aromatic heterocycles. The SMILES string of the molecule is COc1cccc(CN(C)c2ncnc3c2cnn3CCO)c1OC. The first kappa shape index (κ1) is 17.0. The molecule has 1 aromatic carbocycles. The molecule has 0 bridgehead atoms. The van der Waals surface area contributed by atoms with Gasteiger partial charge in [-0.15, -0.1) is 0 Å². The van der Waals surface area contributed by atoms with Gasteiger partial charge < -0.3 is 19.5 Å². The van der Waals surface area contributed by atoms with Gasteiger partial charge in [0, 0.05) is 19.2 Å². The Hall–Kier alpha value is -2.87. The van der Waals surface area contributed by atoms with Crippen molar-refractivity contribution in [2.24, 2.45) is 0 Å². The number of benzene rings is 1. The number of hydrogen-bond donors (Lipinski definition) is 1. The standard InChI is InChI=1S/C17H21N5O3/c1-21(10-12-5-4-6-14(24-2)15(12)25-3)16-13-9-20-22(7-8-23)17(13)19-11-18-16/h4-6,9,11,23H,7-8,10H2,1-3H3. The molecule has 0 amide bonds. The topological polar surface area (TPSA) is 85.5 Å². The Morgan fingerprint density at radius 2 is 2.04 bits per heavy atom. The van der Waals surface area contributed by atoms with E-state index in [2.05, 4.69) is 15.1 Å². The molecule has 0 aliphatic carbocycles. The average Bonchev–Trinajstić information content (AvgIpc) is 3.04. The third-order valence-electron chi connectivity index (χ3n) is 3.98. The number of para-hydroxylation sites is 1. The van der Waals surface area contributed by atoms with E-state index in [0.717, 1.165) is 16.8 Å². The van der Waals surface area contributed by atoms with Crippen LogP contribution in [0.15, 0.2) is 30.7 Å².